The molecule has 4 rings (SSSR count). The molecule has 6 nitrogen and oxygen atoms in total. The molecular formula is C31H35F4N3O3S. The molecule has 0 aromatic heterocycles. The first-order valence-electron chi connectivity index (χ1n) is 13.7. The molecule has 0 radical (unpaired) electrons. The smallest absolute Gasteiger partial charge is 0.349 e. The summed E-state index contributed by atoms with van der Waals surface area (Å²) in [5.74, 6) is -1.27. The molecule has 1 aliphatic rings. The summed E-state index contributed by atoms with van der Waals surface area (Å²) in [6.07, 6.45) is -2.83. The predicted octanol–water partition coefficient (Wildman–Crippen LogP) is 6.34. The van der Waals surface area contributed by atoms with E-state index in [-0.39, 0.29) is 17.1 Å². The summed E-state index contributed by atoms with van der Waals surface area (Å²) in [7, 11) is -4.56. The maximum absolute atomic E-state index is 14.8. The van der Waals surface area contributed by atoms with E-state index in [1.165, 1.54) is 18.2 Å². The Hall–Kier alpha value is -3.28. The van der Waals surface area contributed by atoms with Crippen molar-refractivity contribution >= 4 is 15.9 Å². The predicted molar refractivity (Wildman–Crippen MR) is 152 cm³/mol. The van der Waals surface area contributed by atoms with E-state index < -0.39 is 50.8 Å². The minimum atomic E-state index is -4.75. The van der Waals surface area contributed by atoms with Gasteiger partial charge < -0.3 is 10.6 Å². The molecule has 3 N–H and O–H groups in total. The van der Waals surface area contributed by atoms with Crippen molar-refractivity contribution in [2.45, 2.75) is 81.7 Å². The van der Waals surface area contributed by atoms with Crippen molar-refractivity contribution in [3.8, 4) is 0 Å². The lowest BCUT2D eigenvalue weighted by Gasteiger charge is -2.28. The Morgan fingerprint density at radius 2 is 1.74 bits per heavy atom. The molecule has 3 aromatic rings. The summed E-state index contributed by atoms with van der Waals surface area (Å²) in [4.78, 5) is 12.6. The fourth-order valence-corrected chi connectivity index (χ4v) is 6.26. The van der Waals surface area contributed by atoms with Gasteiger partial charge in [-0.05, 0) is 81.0 Å². The summed E-state index contributed by atoms with van der Waals surface area (Å²) in [6, 6.07) is 13.1. The third-order valence-electron chi connectivity index (χ3n) is 7.12. The van der Waals surface area contributed by atoms with Crippen LogP contribution in [0.25, 0.3) is 0 Å². The topological polar surface area (TPSA) is 87.3 Å². The monoisotopic (exact) mass is 605 g/mol. The van der Waals surface area contributed by atoms with E-state index in [4.69, 9.17) is 0 Å². The number of sulfonamides is 1. The highest BCUT2D eigenvalue weighted by molar-refractivity contribution is 7.89. The lowest BCUT2D eigenvalue weighted by molar-refractivity contribution is -0.137. The highest BCUT2D eigenvalue weighted by Crippen LogP contribution is 2.33. The zero-order chi connectivity index (χ0) is 30.7. The molecule has 2 atom stereocenters. The summed E-state index contributed by atoms with van der Waals surface area (Å²) < 4.78 is 83.0. The second-order valence-corrected chi connectivity index (χ2v) is 13.3. The van der Waals surface area contributed by atoms with Gasteiger partial charge in [0.2, 0.25) is 15.9 Å². The number of hydrogen-bond donors (Lipinski definition) is 3. The molecule has 0 spiro atoms. The van der Waals surface area contributed by atoms with E-state index in [9.17, 15) is 30.8 Å². The number of nitrogens with one attached hydrogen (secondary N) is 3. The van der Waals surface area contributed by atoms with Gasteiger partial charge in [-0.3, -0.25) is 4.79 Å². The number of carbonyl (C=O) groups is 1. The molecule has 226 valence electrons. The van der Waals surface area contributed by atoms with Crippen molar-refractivity contribution in [2.24, 2.45) is 0 Å². The number of alkyl halides is 3. The molecule has 1 aliphatic carbocycles. The Balaban J connectivity index is 1.54. The van der Waals surface area contributed by atoms with Gasteiger partial charge in [-0.1, -0.05) is 42.5 Å². The molecular weight excluding hydrogens is 570 g/mol. The zero-order valence-electron chi connectivity index (χ0n) is 23.7. The fourth-order valence-electron chi connectivity index (χ4n) is 5.00. The second-order valence-electron chi connectivity index (χ2n) is 11.6. The Bertz CT molecular complexity index is 1530. The van der Waals surface area contributed by atoms with E-state index >= 15 is 0 Å². The summed E-state index contributed by atoms with van der Waals surface area (Å²) >= 11 is 0. The third-order valence-corrected chi connectivity index (χ3v) is 8.59. The van der Waals surface area contributed by atoms with Gasteiger partial charge in [-0.15, -0.1) is 0 Å². The molecule has 0 saturated heterocycles. The van der Waals surface area contributed by atoms with Gasteiger partial charge in [0, 0.05) is 24.1 Å². The minimum absolute atomic E-state index is 0.0379. The van der Waals surface area contributed by atoms with Crippen LogP contribution in [0.3, 0.4) is 0 Å². The average Bonchev–Trinajstić information content (AvgIpc) is 2.91. The Morgan fingerprint density at radius 1 is 1.00 bits per heavy atom. The molecule has 1 unspecified atom stereocenters. The van der Waals surface area contributed by atoms with Crippen LogP contribution in [0.15, 0.2) is 71.6 Å². The molecule has 1 amide bonds. The molecule has 0 heterocycles. The van der Waals surface area contributed by atoms with E-state index in [0.29, 0.717) is 19.0 Å². The van der Waals surface area contributed by atoms with E-state index in [0.717, 1.165) is 53.8 Å². The van der Waals surface area contributed by atoms with Crippen LogP contribution in [0.5, 0.6) is 0 Å². The van der Waals surface area contributed by atoms with Gasteiger partial charge in [0.05, 0.1) is 22.5 Å². The average molecular weight is 606 g/mol. The van der Waals surface area contributed by atoms with Gasteiger partial charge in [0.15, 0.2) is 0 Å². The van der Waals surface area contributed by atoms with Crippen LogP contribution in [0.2, 0.25) is 0 Å². The van der Waals surface area contributed by atoms with E-state index in [1.54, 1.807) is 0 Å². The van der Waals surface area contributed by atoms with Crippen LogP contribution in [-0.2, 0) is 34.0 Å². The van der Waals surface area contributed by atoms with Gasteiger partial charge in [0.1, 0.15) is 5.82 Å². The normalized spacial score (nSPS) is 16.5. The first-order chi connectivity index (χ1) is 19.6. The van der Waals surface area contributed by atoms with Crippen LogP contribution in [0.4, 0.5) is 17.6 Å². The van der Waals surface area contributed by atoms with Gasteiger partial charge in [0.25, 0.3) is 0 Å². The number of benzene rings is 3. The summed E-state index contributed by atoms with van der Waals surface area (Å²) in [6.45, 7) is 6.96. The third kappa shape index (κ3) is 8.17. The van der Waals surface area contributed by atoms with Crippen molar-refractivity contribution in [3.63, 3.8) is 0 Å². The van der Waals surface area contributed by atoms with Crippen LogP contribution < -0.4 is 15.4 Å². The van der Waals surface area contributed by atoms with Crippen LogP contribution in [0.1, 0.15) is 79.9 Å². The molecule has 0 saturated carbocycles. The number of rotatable bonds is 9. The van der Waals surface area contributed by atoms with Crippen LogP contribution in [-0.4, -0.2) is 19.9 Å². The molecule has 0 aliphatic heterocycles. The first-order valence-corrected chi connectivity index (χ1v) is 15.2. The summed E-state index contributed by atoms with van der Waals surface area (Å²) in [5, 5.41) is 6.42. The quantitative estimate of drug-likeness (QED) is 0.249. The van der Waals surface area contributed by atoms with Gasteiger partial charge in [-0.25, -0.2) is 17.5 Å². The second kappa shape index (κ2) is 12.5. The molecule has 0 bridgehead atoms. The Labute approximate surface area is 244 Å². The number of halogens is 4. The molecule has 0 fully saturated rings. The van der Waals surface area contributed by atoms with Gasteiger partial charge >= 0.3 is 6.18 Å². The standard InChI is InChI=1S/C31H35F4N3O3S/c1-30(2,3)36-19-20-14-15-24-21(16-20)8-6-13-27(24)37-29(39)18-28(25-11-4-5-12-26(25)32)38-42(40,41)23-10-7-9-22(17-23)31(33,34)35/h4-5,7,9-12,14-17,27-28,36,38H,6,8,13,18-19H2,1-3H3,(H,37,39)/t27-,28?/m1/s1. The highest BCUT2D eigenvalue weighted by atomic mass is 32.2. The maximum atomic E-state index is 14.8. The van der Waals surface area contributed by atoms with Crippen molar-refractivity contribution in [1.29, 1.82) is 0 Å². The minimum Gasteiger partial charge on any atom is -0.349 e. The van der Waals surface area contributed by atoms with Crippen molar-refractivity contribution in [1.82, 2.24) is 15.4 Å². The number of amides is 1. The molecule has 3 aromatic carbocycles. The lowest BCUT2D eigenvalue weighted by Crippen LogP contribution is -2.36. The van der Waals surface area contributed by atoms with Crippen LogP contribution >= 0.6 is 0 Å². The fraction of sp³-hybridized carbons (Fsp3) is 0.387. The number of fused-ring (bicyclic) bond motifs is 1. The largest absolute Gasteiger partial charge is 0.416 e. The maximum Gasteiger partial charge on any atom is 0.416 e. The Kier molecular flexibility index (Phi) is 9.44. The SMILES string of the molecule is CC(C)(C)NCc1ccc2c(c1)CCC[C@H]2NC(=O)CC(NS(=O)(=O)c1cccc(C(F)(F)F)c1)c1ccccc1F. The number of carbonyl (C=O) groups excluding carboxylic acids is 1. The Morgan fingerprint density at radius 3 is 2.43 bits per heavy atom. The zero-order valence-corrected chi connectivity index (χ0v) is 24.5. The summed E-state index contributed by atoms with van der Waals surface area (Å²) in [5.41, 5.74) is 1.95. The van der Waals surface area contributed by atoms with Gasteiger partial charge in [-0.2, -0.15) is 13.2 Å². The van der Waals surface area contributed by atoms with Crippen molar-refractivity contribution in [3.05, 3.63) is 100 Å². The number of hydrogen-bond acceptors (Lipinski definition) is 4. The number of aryl methyl sites for hydroxylation is 1. The van der Waals surface area contributed by atoms with Crippen LogP contribution in [0, 0.1) is 5.82 Å². The van der Waals surface area contributed by atoms with Crippen molar-refractivity contribution < 1.29 is 30.8 Å². The molecule has 11 heteroatoms. The van der Waals surface area contributed by atoms with E-state index in [1.807, 2.05) is 12.1 Å². The van der Waals surface area contributed by atoms with Crippen molar-refractivity contribution in [2.75, 3.05) is 0 Å². The highest BCUT2D eigenvalue weighted by Gasteiger charge is 2.33. The van der Waals surface area contributed by atoms with E-state index in [2.05, 4.69) is 42.2 Å². The lowest BCUT2D eigenvalue weighted by atomic mass is 9.86. The first kappa shape index (κ1) is 31.7. The molecule has 42 heavy (non-hydrogen) atoms.